The van der Waals surface area contributed by atoms with E-state index < -0.39 is 0 Å². The highest BCUT2D eigenvalue weighted by molar-refractivity contribution is 6.05. The zero-order chi connectivity index (χ0) is 11.9. The first-order valence-electron chi connectivity index (χ1n) is 5.65. The first-order chi connectivity index (χ1) is 8.22. The van der Waals surface area contributed by atoms with Gasteiger partial charge in [-0.15, -0.1) is 0 Å². The Morgan fingerprint density at radius 3 is 2.41 bits per heavy atom. The van der Waals surface area contributed by atoms with Crippen molar-refractivity contribution in [3.05, 3.63) is 54.0 Å². The first kappa shape index (κ1) is 10.1. The second-order valence-electron chi connectivity index (χ2n) is 4.55. The number of nitrogen functional groups attached to an aromatic ring is 1. The van der Waals surface area contributed by atoms with E-state index in [0.29, 0.717) is 5.56 Å². The van der Waals surface area contributed by atoms with Crippen LogP contribution >= 0.6 is 0 Å². The molecule has 1 aromatic carbocycles. The lowest BCUT2D eigenvalue weighted by Crippen LogP contribution is -2.20. The topological polar surface area (TPSA) is 56.2 Å². The molecule has 2 N–H and O–H groups in total. The van der Waals surface area contributed by atoms with Crippen molar-refractivity contribution < 1.29 is 9.21 Å². The minimum atomic E-state index is -0.336. The fourth-order valence-corrected chi connectivity index (χ4v) is 2.24. The van der Waals surface area contributed by atoms with Crippen LogP contribution in [0, 0.1) is 0 Å². The van der Waals surface area contributed by atoms with Gasteiger partial charge in [0, 0.05) is 5.69 Å². The fourth-order valence-electron chi connectivity index (χ4n) is 2.24. The summed E-state index contributed by atoms with van der Waals surface area (Å²) in [5.41, 5.74) is 7.75. The number of rotatable bonds is 3. The van der Waals surface area contributed by atoms with Crippen molar-refractivity contribution in [3.8, 4) is 0 Å². The Bertz CT molecular complexity index is 536. The third-order valence-corrected chi connectivity index (χ3v) is 3.43. The second kappa shape index (κ2) is 3.48. The maximum atomic E-state index is 12.4. The number of carbonyl (C=O) groups is 1. The van der Waals surface area contributed by atoms with E-state index in [9.17, 15) is 4.79 Å². The van der Waals surface area contributed by atoms with Crippen molar-refractivity contribution in [2.75, 3.05) is 5.73 Å². The third-order valence-electron chi connectivity index (χ3n) is 3.43. The summed E-state index contributed by atoms with van der Waals surface area (Å²) in [5, 5.41) is 0. The number of hydrogen-bond donors (Lipinski definition) is 1. The quantitative estimate of drug-likeness (QED) is 0.648. The van der Waals surface area contributed by atoms with E-state index in [1.54, 1.807) is 6.07 Å². The SMILES string of the molecule is Nc1ccc(C2(C(=O)c3ccoc3)CC2)cc1. The lowest BCUT2D eigenvalue weighted by atomic mass is 9.88. The van der Waals surface area contributed by atoms with E-state index in [-0.39, 0.29) is 11.2 Å². The molecule has 0 aliphatic heterocycles. The smallest absolute Gasteiger partial charge is 0.176 e. The van der Waals surface area contributed by atoms with Gasteiger partial charge in [0.05, 0.1) is 17.2 Å². The Labute approximate surface area is 99.2 Å². The molecule has 0 unspecified atom stereocenters. The Hall–Kier alpha value is -2.03. The number of benzene rings is 1. The van der Waals surface area contributed by atoms with Gasteiger partial charge < -0.3 is 10.2 Å². The standard InChI is InChI=1S/C14H13NO2/c15-12-3-1-11(2-4-12)14(6-7-14)13(16)10-5-8-17-9-10/h1-5,8-9H,6-7,15H2. The van der Waals surface area contributed by atoms with E-state index >= 15 is 0 Å². The molecule has 1 aliphatic carbocycles. The van der Waals surface area contributed by atoms with Crippen LogP contribution in [0.3, 0.4) is 0 Å². The number of hydrogen-bond acceptors (Lipinski definition) is 3. The van der Waals surface area contributed by atoms with Gasteiger partial charge in [0.1, 0.15) is 6.26 Å². The summed E-state index contributed by atoms with van der Waals surface area (Å²) >= 11 is 0. The Kier molecular flexibility index (Phi) is 2.08. The van der Waals surface area contributed by atoms with E-state index in [1.165, 1.54) is 12.5 Å². The van der Waals surface area contributed by atoms with Gasteiger partial charge in [-0.25, -0.2) is 0 Å². The molecule has 0 spiro atoms. The molecule has 0 saturated heterocycles. The Balaban J connectivity index is 1.97. The molecule has 0 atom stereocenters. The molecule has 86 valence electrons. The monoisotopic (exact) mass is 227 g/mol. The third kappa shape index (κ3) is 1.55. The lowest BCUT2D eigenvalue weighted by Gasteiger charge is -2.13. The van der Waals surface area contributed by atoms with Crippen molar-refractivity contribution in [1.29, 1.82) is 0 Å². The van der Waals surface area contributed by atoms with Crippen LogP contribution in [0.4, 0.5) is 5.69 Å². The summed E-state index contributed by atoms with van der Waals surface area (Å²) in [6.07, 6.45) is 4.86. The highest BCUT2D eigenvalue weighted by Crippen LogP contribution is 2.50. The lowest BCUT2D eigenvalue weighted by molar-refractivity contribution is 0.0945. The molecule has 17 heavy (non-hydrogen) atoms. The van der Waals surface area contributed by atoms with Crippen molar-refractivity contribution in [2.45, 2.75) is 18.3 Å². The molecule has 3 heteroatoms. The highest BCUT2D eigenvalue weighted by Gasteiger charge is 2.51. The molecule has 3 rings (SSSR count). The summed E-state index contributed by atoms with van der Waals surface area (Å²) in [5.74, 6) is 0.149. The van der Waals surface area contributed by atoms with E-state index in [0.717, 1.165) is 24.1 Å². The van der Waals surface area contributed by atoms with E-state index in [2.05, 4.69) is 0 Å². The number of nitrogens with two attached hydrogens (primary N) is 1. The normalized spacial score (nSPS) is 16.7. The van der Waals surface area contributed by atoms with Gasteiger partial charge in [-0.1, -0.05) is 12.1 Å². The largest absolute Gasteiger partial charge is 0.472 e. The number of furan rings is 1. The van der Waals surface area contributed by atoms with Crippen molar-refractivity contribution >= 4 is 11.5 Å². The van der Waals surface area contributed by atoms with Crippen LogP contribution < -0.4 is 5.73 Å². The molecule has 0 radical (unpaired) electrons. The maximum absolute atomic E-state index is 12.4. The highest BCUT2D eigenvalue weighted by atomic mass is 16.3. The van der Waals surface area contributed by atoms with Gasteiger partial charge in [-0.3, -0.25) is 4.79 Å². The molecule has 3 nitrogen and oxygen atoms in total. The first-order valence-corrected chi connectivity index (χ1v) is 5.65. The van der Waals surface area contributed by atoms with Gasteiger partial charge in [0.2, 0.25) is 0 Å². The number of anilines is 1. The summed E-state index contributed by atoms with van der Waals surface area (Å²) in [6, 6.07) is 9.30. The molecule has 1 heterocycles. The Morgan fingerprint density at radius 1 is 1.18 bits per heavy atom. The number of carbonyl (C=O) groups excluding carboxylic acids is 1. The molecule has 1 fully saturated rings. The van der Waals surface area contributed by atoms with Crippen LogP contribution in [0.15, 0.2) is 47.3 Å². The predicted octanol–water partition coefficient (Wildman–Crippen LogP) is 2.78. The fraction of sp³-hybridized carbons (Fsp3) is 0.214. The van der Waals surface area contributed by atoms with Gasteiger partial charge in [-0.2, -0.15) is 0 Å². The molecule has 2 aromatic rings. The average Bonchev–Trinajstić information content (AvgIpc) is 2.97. The van der Waals surface area contributed by atoms with Crippen molar-refractivity contribution in [1.82, 2.24) is 0 Å². The number of Topliss-reactive ketones (excluding diaryl/α,β-unsaturated/α-hetero) is 1. The molecular weight excluding hydrogens is 214 g/mol. The van der Waals surface area contributed by atoms with E-state index in [1.807, 2.05) is 24.3 Å². The molecule has 0 amide bonds. The molecular formula is C14H13NO2. The zero-order valence-corrected chi connectivity index (χ0v) is 9.35. The zero-order valence-electron chi connectivity index (χ0n) is 9.35. The average molecular weight is 227 g/mol. The summed E-state index contributed by atoms with van der Waals surface area (Å²) < 4.78 is 4.97. The van der Waals surface area contributed by atoms with Gasteiger partial charge >= 0.3 is 0 Å². The molecule has 1 saturated carbocycles. The molecule has 0 bridgehead atoms. The second-order valence-corrected chi connectivity index (χ2v) is 4.55. The molecule has 1 aromatic heterocycles. The minimum Gasteiger partial charge on any atom is -0.472 e. The summed E-state index contributed by atoms with van der Waals surface area (Å²) in [7, 11) is 0. The van der Waals surface area contributed by atoms with Crippen LogP contribution in [0.25, 0.3) is 0 Å². The summed E-state index contributed by atoms with van der Waals surface area (Å²) in [4.78, 5) is 12.4. The molecule has 1 aliphatic rings. The minimum absolute atomic E-state index is 0.149. The van der Waals surface area contributed by atoms with Gasteiger partial charge in [0.25, 0.3) is 0 Å². The van der Waals surface area contributed by atoms with Crippen LogP contribution in [0.1, 0.15) is 28.8 Å². The van der Waals surface area contributed by atoms with E-state index in [4.69, 9.17) is 10.2 Å². The van der Waals surface area contributed by atoms with Crippen LogP contribution in [-0.2, 0) is 5.41 Å². The number of ketones is 1. The predicted molar refractivity (Wildman–Crippen MR) is 64.8 cm³/mol. The van der Waals surface area contributed by atoms with Crippen LogP contribution in [-0.4, -0.2) is 5.78 Å². The van der Waals surface area contributed by atoms with Crippen LogP contribution in [0.5, 0.6) is 0 Å². The van der Waals surface area contributed by atoms with Crippen molar-refractivity contribution in [2.24, 2.45) is 0 Å². The Morgan fingerprint density at radius 2 is 1.88 bits per heavy atom. The van der Waals surface area contributed by atoms with Crippen LogP contribution in [0.2, 0.25) is 0 Å². The van der Waals surface area contributed by atoms with Gasteiger partial charge in [-0.05, 0) is 36.6 Å². The van der Waals surface area contributed by atoms with Gasteiger partial charge in [0.15, 0.2) is 5.78 Å². The van der Waals surface area contributed by atoms with Crippen molar-refractivity contribution in [3.63, 3.8) is 0 Å². The summed E-state index contributed by atoms with van der Waals surface area (Å²) in [6.45, 7) is 0. The maximum Gasteiger partial charge on any atom is 0.176 e.